The maximum absolute atomic E-state index is 12.3. The van der Waals surface area contributed by atoms with Crippen LogP contribution in [0, 0.1) is 6.92 Å². The van der Waals surface area contributed by atoms with E-state index >= 15 is 0 Å². The molecular weight excluding hydrogens is 312 g/mol. The summed E-state index contributed by atoms with van der Waals surface area (Å²) < 4.78 is 5.30. The molecule has 0 unspecified atom stereocenters. The van der Waals surface area contributed by atoms with Gasteiger partial charge < -0.3 is 19.8 Å². The number of carboxylic acid groups (broad SMARTS) is 1. The minimum absolute atomic E-state index is 0.0173. The summed E-state index contributed by atoms with van der Waals surface area (Å²) in [6, 6.07) is 3.02. The lowest BCUT2D eigenvalue weighted by molar-refractivity contribution is 0.0694. The summed E-state index contributed by atoms with van der Waals surface area (Å²) in [7, 11) is 0. The third-order valence-electron chi connectivity index (χ3n) is 4.21. The number of hydrogen-bond acceptors (Lipinski definition) is 4. The summed E-state index contributed by atoms with van der Waals surface area (Å²) >= 11 is 0. The Kier molecular flexibility index (Phi) is 4.24. The topological polar surface area (TPSA) is 112 Å². The maximum Gasteiger partial charge on any atom is 0.339 e. The lowest BCUT2D eigenvalue weighted by Gasteiger charge is -2.15. The van der Waals surface area contributed by atoms with Gasteiger partial charge in [-0.15, -0.1) is 0 Å². The second-order valence-corrected chi connectivity index (χ2v) is 5.89. The quantitative estimate of drug-likeness (QED) is 0.791. The van der Waals surface area contributed by atoms with Crippen molar-refractivity contribution in [1.82, 2.24) is 10.3 Å². The van der Waals surface area contributed by atoms with Crippen LogP contribution < -0.4 is 10.9 Å². The highest BCUT2D eigenvalue weighted by molar-refractivity contribution is 5.94. The Morgan fingerprint density at radius 2 is 2.00 bits per heavy atom. The predicted octanol–water partition coefficient (Wildman–Crippen LogP) is 1.78. The molecule has 0 aromatic carbocycles. The smallest absolute Gasteiger partial charge is 0.339 e. The summed E-state index contributed by atoms with van der Waals surface area (Å²) in [6.07, 6.45) is 3.77. The first kappa shape index (κ1) is 16.0. The number of nitrogens with one attached hydrogen (secondary N) is 2. The molecular formula is C17H18N2O5. The van der Waals surface area contributed by atoms with Crippen LogP contribution >= 0.6 is 0 Å². The van der Waals surface area contributed by atoms with Gasteiger partial charge in [-0.3, -0.25) is 9.59 Å². The molecule has 0 spiro atoms. The number of furan rings is 1. The van der Waals surface area contributed by atoms with E-state index in [2.05, 4.69) is 10.3 Å². The molecule has 0 saturated heterocycles. The molecule has 126 valence electrons. The van der Waals surface area contributed by atoms with Crippen molar-refractivity contribution in [3.8, 4) is 0 Å². The molecule has 0 saturated carbocycles. The highest BCUT2D eigenvalue weighted by atomic mass is 16.4. The van der Waals surface area contributed by atoms with Crippen LogP contribution in [0.5, 0.6) is 0 Å². The molecule has 7 nitrogen and oxygen atoms in total. The van der Waals surface area contributed by atoms with E-state index in [0.29, 0.717) is 5.76 Å². The minimum Gasteiger partial charge on any atom is -0.478 e. The normalized spacial score (nSPS) is 13.4. The van der Waals surface area contributed by atoms with Gasteiger partial charge in [0.25, 0.3) is 11.5 Å². The first-order chi connectivity index (χ1) is 11.5. The fraction of sp³-hybridized carbons (Fsp3) is 0.353. The monoisotopic (exact) mass is 330 g/mol. The second-order valence-electron chi connectivity index (χ2n) is 5.89. The van der Waals surface area contributed by atoms with E-state index in [4.69, 9.17) is 9.52 Å². The van der Waals surface area contributed by atoms with Crippen LogP contribution in [0.15, 0.2) is 21.3 Å². The van der Waals surface area contributed by atoms with Crippen LogP contribution in [0.3, 0.4) is 0 Å². The number of fused-ring (bicyclic) bond motifs is 1. The van der Waals surface area contributed by atoms with Gasteiger partial charge in [-0.1, -0.05) is 0 Å². The van der Waals surface area contributed by atoms with Crippen molar-refractivity contribution in [2.45, 2.75) is 39.2 Å². The SMILES string of the molecule is Cc1oc(CNC(=O)c2cc3c([nH]c2=O)CCCC3)cc1C(=O)O. The number of aromatic carboxylic acids is 1. The Bertz CT molecular complexity index is 862. The van der Waals surface area contributed by atoms with Gasteiger partial charge in [0, 0.05) is 5.69 Å². The molecule has 1 aliphatic rings. The highest BCUT2D eigenvalue weighted by Crippen LogP contribution is 2.19. The molecule has 1 amide bonds. The van der Waals surface area contributed by atoms with Crippen molar-refractivity contribution in [2.75, 3.05) is 0 Å². The molecule has 0 fully saturated rings. The van der Waals surface area contributed by atoms with Gasteiger partial charge in [-0.25, -0.2) is 4.79 Å². The van der Waals surface area contributed by atoms with E-state index in [9.17, 15) is 14.4 Å². The molecule has 0 bridgehead atoms. The number of rotatable bonds is 4. The van der Waals surface area contributed by atoms with Crippen molar-refractivity contribution < 1.29 is 19.1 Å². The van der Waals surface area contributed by atoms with E-state index in [-0.39, 0.29) is 23.4 Å². The number of pyridine rings is 1. The van der Waals surface area contributed by atoms with Gasteiger partial charge in [0.2, 0.25) is 0 Å². The molecule has 3 N–H and O–H groups in total. The summed E-state index contributed by atoms with van der Waals surface area (Å²) in [6.45, 7) is 1.56. The Balaban J connectivity index is 1.75. The molecule has 7 heteroatoms. The number of aromatic amines is 1. The number of amides is 1. The third kappa shape index (κ3) is 3.10. The molecule has 0 atom stereocenters. The largest absolute Gasteiger partial charge is 0.478 e. The van der Waals surface area contributed by atoms with Crippen LogP contribution in [0.4, 0.5) is 0 Å². The number of hydrogen-bond donors (Lipinski definition) is 3. The summed E-state index contributed by atoms with van der Waals surface area (Å²) in [5, 5.41) is 11.6. The fourth-order valence-electron chi connectivity index (χ4n) is 2.95. The minimum atomic E-state index is -1.08. The lowest BCUT2D eigenvalue weighted by Crippen LogP contribution is -2.30. The maximum atomic E-state index is 12.3. The average Bonchev–Trinajstić information content (AvgIpc) is 2.93. The van der Waals surface area contributed by atoms with E-state index in [1.54, 1.807) is 13.0 Å². The van der Waals surface area contributed by atoms with Crippen molar-refractivity contribution in [2.24, 2.45) is 0 Å². The second kappa shape index (κ2) is 6.35. The first-order valence-corrected chi connectivity index (χ1v) is 7.81. The van der Waals surface area contributed by atoms with Gasteiger partial charge in [-0.05, 0) is 50.3 Å². The van der Waals surface area contributed by atoms with Gasteiger partial charge in [0.05, 0.1) is 6.54 Å². The van der Waals surface area contributed by atoms with E-state index in [1.807, 2.05) is 0 Å². The fourth-order valence-corrected chi connectivity index (χ4v) is 2.95. The number of H-pyrrole nitrogens is 1. The van der Waals surface area contributed by atoms with Crippen molar-refractivity contribution in [3.05, 3.63) is 56.4 Å². The number of aryl methyl sites for hydroxylation is 3. The molecule has 24 heavy (non-hydrogen) atoms. The van der Waals surface area contributed by atoms with Crippen LogP contribution in [0.2, 0.25) is 0 Å². The Morgan fingerprint density at radius 1 is 1.25 bits per heavy atom. The molecule has 0 aliphatic heterocycles. The van der Waals surface area contributed by atoms with Crippen molar-refractivity contribution in [1.29, 1.82) is 0 Å². The van der Waals surface area contributed by atoms with Crippen LogP contribution in [-0.4, -0.2) is 22.0 Å². The zero-order chi connectivity index (χ0) is 17.3. The molecule has 3 rings (SSSR count). The van der Waals surface area contributed by atoms with Gasteiger partial charge in [-0.2, -0.15) is 0 Å². The predicted molar refractivity (Wildman–Crippen MR) is 85.3 cm³/mol. The van der Waals surface area contributed by atoms with Crippen molar-refractivity contribution in [3.63, 3.8) is 0 Å². The average molecular weight is 330 g/mol. The highest BCUT2D eigenvalue weighted by Gasteiger charge is 2.18. The zero-order valence-electron chi connectivity index (χ0n) is 13.3. The number of aromatic nitrogens is 1. The standard InChI is InChI=1S/C17H18N2O5/c1-9-12(17(22)23)7-11(24-9)8-18-15(20)13-6-10-4-2-3-5-14(10)19-16(13)21/h6-7H,2-5,8H2,1H3,(H,18,20)(H,19,21)(H,22,23). The van der Waals surface area contributed by atoms with Crippen LogP contribution in [0.25, 0.3) is 0 Å². The summed E-state index contributed by atoms with van der Waals surface area (Å²) in [4.78, 5) is 38.1. The molecule has 2 aromatic rings. The summed E-state index contributed by atoms with van der Waals surface area (Å²) in [5.41, 5.74) is 1.64. The molecule has 1 aliphatic carbocycles. The lowest BCUT2D eigenvalue weighted by atomic mass is 9.95. The number of carbonyl (C=O) groups excluding carboxylic acids is 1. The first-order valence-electron chi connectivity index (χ1n) is 7.81. The zero-order valence-corrected chi connectivity index (χ0v) is 13.3. The summed E-state index contributed by atoms with van der Waals surface area (Å²) in [5.74, 6) is -0.985. The van der Waals surface area contributed by atoms with E-state index in [0.717, 1.165) is 36.9 Å². The number of carbonyl (C=O) groups is 2. The van der Waals surface area contributed by atoms with E-state index in [1.165, 1.54) is 6.07 Å². The number of carboxylic acids is 1. The van der Waals surface area contributed by atoms with Gasteiger partial charge >= 0.3 is 5.97 Å². The van der Waals surface area contributed by atoms with Crippen molar-refractivity contribution >= 4 is 11.9 Å². The van der Waals surface area contributed by atoms with Gasteiger partial charge in [0.1, 0.15) is 22.6 Å². The Morgan fingerprint density at radius 3 is 2.71 bits per heavy atom. The Hall–Kier alpha value is -2.83. The van der Waals surface area contributed by atoms with Crippen LogP contribution in [0.1, 0.15) is 56.3 Å². The van der Waals surface area contributed by atoms with Gasteiger partial charge in [0.15, 0.2) is 0 Å². The third-order valence-corrected chi connectivity index (χ3v) is 4.21. The molecule has 0 radical (unpaired) electrons. The van der Waals surface area contributed by atoms with E-state index < -0.39 is 17.4 Å². The Labute approximate surface area is 137 Å². The molecule has 2 heterocycles. The van der Waals surface area contributed by atoms with Crippen LogP contribution in [-0.2, 0) is 19.4 Å². The molecule has 2 aromatic heterocycles.